The fourth-order valence-corrected chi connectivity index (χ4v) is 22.0. The molecule has 72 heteroatoms. The van der Waals surface area contributed by atoms with Gasteiger partial charge in [0.2, 0.25) is 11.9 Å². The number of aromatic amines is 3. The minimum absolute atomic E-state index is 0.0161. The number of methoxy groups -OCH3 is 1. The number of pyridine rings is 1. The molecule has 0 spiro atoms. The molecule has 9 fully saturated rings. The summed E-state index contributed by atoms with van der Waals surface area (Å²) in [7, 11) is -28.9. The third-order valence-electron chi connectivity index (χ3n) is 22.6. The van der Waals surface area contributed by atoms with Gasteiger partial charge in [-0.15, -0.1) is 0 Å². The number of phosphoric ester groups is 6. The lowest BCUT2D eigenvalue weighted by molar-refractivity contribution is -0.0673. The van der Waals surface area contributed by atoms with E-state index < -0.39 is 250 Å². The Labute approximate surface area is 758 Å². The molecular weight excluding hydrogens is 1970 g/mol. The first-order chi connectivity index (χ1) is 65.1. The summed E-state index contributed by atoms with van der Waals surface area (Å²) in [5.74, 6) is -0.173. The number of rotatable bonds is 9. The van der Waals surface area contributed by atoms with Gasteiger partial charge in [0.1, 0.15) is 139 Å². The molecule has 66 nitrogen and oxygen atoms in total. The number of aryl methyl sites for hydroxylation is 1. The molecule has 137 heavy (non-hydrogen) atoms. The van der Waals surface area contributed by atoms with Gasteiger partial charge in [-0.05, 0) is 13.0 Å². The van der Waals surface area contributed by atoms with E-state index in [9.17, 15) is 102 Å². The third kappa shape index (κ3) is 18.9. The maximum Gasteiger partial charge on any atom is 0.472 e. The fraction of sp³-hybridized carbons (Fsp3) is 0.523. The van der Waals surface area contributed by atoms with E-state index in [0.717, 1.165) is 34.4 Å². The molecule has 12 aromatic heterocycles. The van der Waals surface area contributed by atoms with Crippen molar-refractivity contribution in [1.29, 1.82) is 0 Å². The number of ether oxygens (including phenoxy) is 7. The van der Waals surface area contributed by atoms with Crippen LogP contribution in [0.1, 0.15) is 48.9 Å². The van der Waals surface area contributed by atoms with Crippen molar-refractivity contribution in [3.8, 4) is 0 Å². The van der Waals surface area contributed by atoms with Gasteiger partial charge >= 0.3 is 46.9 Å². The molecule has 9 saturated heterocycles. The van der Waals surface area contributed by atoms with Crippen molar-refractivity contribution >= 4 is 132 Å². The number of imidazole rings is 6. The van der Waals surface area contributed by atoms with Crippen LogP contribution in [0.5, 0.6) is 0 Å². The van der Waals surface area contributed by atoms with Crippen LogP contribution in [0.15, 0.2) is 83.5 Å². The number of aliphatic hydroxyl groups excluding tert-OH is 6. The average molecular weight is 2050 g/mol. The number of H-pyrrole nitrogens is 3. The van der Waals surface area contributed by atoms with Crippen LogP contribution >= 0.6 is 46.9 Å². The molecule has 21 N–H and O–H groups in total. The highest BCUT2D eigenvalue weighted by Crippen LogP contribution is 2.59. The van der Waals surface area contributed by atoms with E-state index in [2.05, 4.69) is 84.7 Å². The summed E-state index contributed by atoms with van der Waals surface area (Å²) < 4.78 is 189. The van der Waals surface area contributed by atoms with Crippen LogP contribution in [0.25, 0.3) is 67.0 Å². The van der Waals surface area contributed by atoms with Crippen LogP contribution in [0.3, 0.4) is 0 Å². The van der Waals surface area contributed by atoms with E-state index in [1.165, 1.54) is 69.1 Å². The van der Waals surface area contributed by atoms with Crippen molar-refractivity contribution in [3.05, 3.63) is 112 Å². The molecule has 0 saturated carbocycles. The second-order valence-corrected chi connectivity index (χ2v) is 39.8. The summed E-state index contributed by atoms with van der Waals surface area (Å²) in [5, 5.41) is 66.6. The highest BCUT2D eigenvalue weighted by molar-refractivity contribution is 7.48. The number of anilines is 3. The second-order valence-electron chi connectivity index (χ2n) is 31.3. The average Bonchev–Trinajstić information content (AvgIpc) is 1.62. The van der Waals surface area contributed by atoms with Gasteiger partial charge in [-0.2, -0.15) is 9.97 Å². The molecule has 738 valence electrons. The molecule has 6 bridgehead atoms. The summed E-state index contributed by atoms with van der Waals surface area (Å²) in [6, 6.07) is 1.51. The predicted molar refractivity (Wildman–Crippen MR) is 440 cm³/mol. The summed E-state index contributed by atoms with van der Waals surface area (Å²) in [6.07, 6.45) is -24.6. The van der Waals surface area contributed by atoms with Gasteiger partial charge in [0.05, 0.1) is 108 Å². The topological polar surface area (TPSA) is 907 Å². The van der Waals surface area contributed by atoms with Crippen molar-refractivity contribution in [2.75, 3.05) is 70.6 Å². The van der Waals surface area contributed by atoms with Crippen molar-refractivity contribution in [2.45, 2.75) is 161 Å². The van der Waals surface area contributed by atoms with E-state index in [-0.39, 0.29) is 62.3 Å². The molecule has 12 aromatic rings. The lowest BCUT2D eigenvalue weighted by Crippen LogP contribution is -2.36. The number of hydrogen-bond acceptors (Lipinski definition) is 51. The van der Waals surface area contributed by atoms with Gasteiger partial charge in [0.25, 0.3) is 16.7 Å². The molecule has 9 aliphatic heterocycles. The summed E-state index contributed by atoms with van der Waals surface area (Å²) in [6.45, 7) is -2.86. The first-order valence-corrected chi connectivity index (χ1v) is 49.2. The molecule has 30 atom stereocenters. The number of nitrogens with one attached hydrogen (secondary N) is 3. The van der Waals surface area contributed by atoms with Crippen LogP contribution in [0, 0.1) is 6.92 Å². The van der Waals surface area contributed by atoms with Crippen molar-refractivity contribution in [2.24, 2.45) is 0 Å². The summed E-state index contributed by atoms with van der Waals surface area (Å²) >= 11 is 0. The van der Waals surface area contributed by atoms with Gasteiger partial charge in [-0.1, -0.05) is 0 Å². The number of nitrogen functional groups attached to an aromatic ring is 3. The fourth-order valence-electron chi connectivity index (χ4n) is 16.3. The lowest BCUT2D eigenvalue weighted by Gasteiger charge is -2.25. The largest absolute Gasteiger partial charge is 0.472 e. The standard InChI is InChI=1S/C23H29N9O14P2.C21H25N9O13P2.C21H24N8O13P2/c1-40-3-2-9-12-18(26-6-25-9)31(7-27-12)21-15(34)16-11(44-21)5-42-48(38,39)46-17-14(33)10(4-41-47(36,37)45-16)43-22(17)32-8-28-13-19(32)29-23(24)30-20(13)35;1-7-23-2-8-16(26-7)29(5-24-8)19-13(32)14-10(41-19)4-39-45(36,37)43-15-12(31)9(3-38-44(34,35)42-14)40-20(15)30-6-25-11-17(30)27-21(22)28-18(11)33;22-8-1-2-23-17-11(8)26-6-28(17)20-14(31)15-10(40-20)4-38-44(35,36)42-16-13(30)9(3-37-43(33,34)41-15)39-21(16)29-7-27-12-18(29)24-5-25-19(12)32/h6-8,10-11,14-17,21-22,33-34H,2-5H2,1H3,(H,36,37)(H,38,39)(H3,24,29,30,35);2,5-6,9-10,12-15,19-20,31-32H,3-4H2,1H3,(H,34,35)(H,36,37)(H3,22,27,28,33);1-2,5-7,9-10,13-16,20-21,30-31H,3-4H2,(H2,22,23)(H,33,34)(H,35,36)(H,24,25,32)/t10-,11-,14-,15-,16-,17-,21-,22-;9-,10-,12-,13-,14-,15-,19-,20-;9-,10-,13-,14-,15-,16-,20-,21-/m111/s1. The number of hydrogen-bond donors (Lipinski definition) is 18. The zero-order valence-corrected chi connectivity index (χ0v) is 74.9. The number of aromatic nitrogens is 23. The molecule has 21 rings (SSSR count). The van der Waals surface area contributed by atoms with Crippen molar-refractivity contribution < 1.29 is 175 Å². The first kappa shape index (κ1) is 96.2. The van der Waals surface area contributed by atoms with Gasteiger partial charge in [-0.3, -0.25) is 106 Å². The predicted octanol–water partition coefficient (Wildman–Crippen LogP) is -4.67. The Hall–Kier alpha value is -9.69. The Kier molecular flexibility index (Phi) is 26.0. The number of phosphoric acid groups is 6. The Morgan fingerprint density at radius 1 is 0.387 bits per heavy atom. The van der Waals surface area contributed by atoms with Gasteiger partial charge in [0, 0.05) is 19.7 Å². The Morgan fingerprint density at radius 2 is 0.730 bits per heavy atom. The number of nitrogens with two attached hydrogens (primary N) is 3. The minimum atomic E-state index is -5.12. The van der Waals surface area contributed by atoms with Gasteiger partial charge in [0.15, 0.2) is 87.8 Å². The molecule has 0 radical (unpaired) electrons. The summed E-state index contributed by atoms with van der Waals surface area (Å²) in [4.78, 5) is 165. The van der Waals surface area contributed by atoms with E-state index >= 15 is 0 Å². The van der Waals surface area contributed by atoms with E-state index in [0.29, 0.717) is 46.8 Å². The smallest absolute Gasteiger partial charge is 0.397 e. The van der Waals surface area contributed by atoms with Gasteiger partial charge < -0.3 is 115 Å². The zero-order chi connectivity index (χ0) is 96.8. The van der Waals surface area contributed by atoms with Gasteiger partial charge in [-0.25, -0.2) is 87.2 Å². The molecule has 9 aliphatic rings. The van der Waals surface area contributed by atoms with Crippen LogP contribution in [-0.2, 0) is 121 Å². The third-order valence-corrected chi connectivity index (χ3v) is 28.5. The second kappa shape index (κ2) is 37.1. The summed E-state index contributed by atoms with van der Waals surface area (Å²) in [5.41, 5.74) is 17.2. The van der Waals surface area contributed by atoms with E-state index in [1.807, 2.05) is 0 Å². The highest BCUT2D eigenvalue weighted by atomic mass is 31.2. The van der Waals surface area contributed by atoms with Crippen LogP contribution < -0.4 is 33.9 Å². The maximum absolute atomic E-state index is 13.3. The van der Waals surface area contributed by atoms with Crippen LogP contribution in [0.2, 0.25) is 0 Å². The lowest BCUT2D eigenvalue weighted by atomic mass is 10.1. The Bertz CT molecular complexity index is 7110. The molecule has 6 unspecified atom stereocenters. The molecule has 0 amide bonds. The monoisotopic (exact) mass is 2050 g/mol. The minimum Gasteiger partial charge on any atom is -0.397 e. The molecule has 0 aliphatic carbocycles. The zero-order valence-electron chi connectivity index (χ0n) is 69.5. The molecule has 21 heterocycles. The number of fused-ring (bicyclic) bond motifs is 15. The Balaban J connectivity index is 0.000000132. The first-order valence-electron chi connectivity index (χ1n) is 40.3. The Morgan fingerprint density at radius 3 is 1.15 bits per heavy atom. The van der Waals surface area contributed by atoms with E-state index in [1.54, 1.807) is 6.92 Å². The molecular formula is C65H78N26O40P6. The SMILES string of the molecule is COCCc1ncnc2c1ncn2[C@@H]1O[C@@H]2COP(=O)(O)O[C@@H]3[C@H](O)[C@@H](COP(=O)(O)O[C@H]2[C@H]1O)O[C@H]3n1cnc2c(=O)[nH]c(N)nc21.Cc1ncc2ncn([C@@H]3O[C@@H]4COP(=O)(O)O[C@@H]5[C@H](O)[C@@H](COP(=O)(O)O[C@H]4[C@H]3O)O[C@H]5n3cnc4c(=O)[nH]c(N)nc43)c2n1.Nc1ccnc2c1ncn2[C@@H]1O[C@@H]2COP(=O)(O)O[C@@H]3[C@H](O)[C@@H](COP(=O)(O)O[C@H]2[C@H]1O)O[C@H]3n1cnc2c(=O)[nH]cnc21. The van der Waals surface area contributed by atoms with Crippen LogP contribution in [-0.4, -0.2) is 335 Å². The quantitative estimate of drug-likeness (QED) is 0.0604. The maximum atomic E-state index is 13.3. The van der Waals surface area contributed by atoms with E-state index in [4.69, 9.17) is 105 Å². The highest BCUT2D eigenvalue weighted by Gasteiger charge is 2.59. The van der Waals surface area contributed by atoms with Crippen LogP contribution in [0.4, 0.5) is 17.6 Å². The number of aliphatic hydroxyl groups is 6. The molecule has 0 aromatic carbocycles. The van der Waals surface area contributed by atoms with Crippen molar-refractivity contribution in [1.82, 2.24) is 112 Å². The number of nitrogens with zero attached hydrogens (tertiary/aromatic N) is 20. The normalized spacial score (nSPS) is 37.3. The van der Waals surface area contributed by atoms with Crippen molar-refractivity contribution in [3.63, 3.8) is 0 Å².